The van der Waals surface area contributed by atoms with E-state index >= 15 is 0 Å². The summed E-state index contributed by atoms with van der Waals surface area (Å²) in [6.07, 6.45) is 4.74. The zero-order valence-corrected chi connectivity index (χ0v) is 23.8. The van der Waals surface area contributed by atoms with Crippen molar-refractivity contribution in [3.63, 3.8) is 0 Å². The van der Waals surface area contributed by atoms with Gasteiger partial charge < -0.3 is 25.4 Å². The van der Waals surface area contributed by atoms with Crippen LogP contribution < -0.4 is 15.8 Å². The third kappa shape index (κ3) is 7.10. The Balaban J connectivity index is 1.61. The lowest BCUT2D eigenvalue weighted by atomic mass is 9.74. The molecule has 2 aliphatic heterocycles. The molecule has 2 aromatic rings. The molecule has 214 valence electrons. The number of carbonyl (C=O) groups is 3. The fraction of sp³-hybridized carbons (Fsp3) is 0.469. The molecule has 0 saturated carbocycles. The first-order valence-corrected chi connectivity index (χ1v) is 14.1. The number of benzene rings is 2. The maximum atomic E-state index is 14.1. The van der Waals surface area contributed by atoms with Gasteiger partial charge in [-0.25, -0.2) is 0 Å². The van der Waals surface area contributed by atoms with Crippen molar-refractivity contribution in [1.29, 1.82) is 0 Å². The molecule has 1 fully saturated rings. The maximum Gasteiger partial charge on any atom is 0.314 e. The Hall–Kier alpha value is -3.65. The quantitative estimate of drug-likeness (QED) is 0.461. The first-order valence-electron chi connectivity index (χ1n) is 14.1. The Morgan fingerprint density at radius 1 is 1.12 bits per heavy atom. The number of rotatable bonds is 9. The van der Waals surface area contributed by atoms with Gasteiger partial charge in [0, 0.05) is 25.1 Å². The highest BCUT2D eigenvalue weighted by Gasteiger charge is 2.46. The summed E-state index contributed by atoms with van der Waals surface area (Å²) >= 11 is 0. The van der Waals surface area contributed by atoms with E-state index in [1.807, 2.05) is 60.7 Å². The number of hydrogen-bond acceptors (Lipinski definition) is 6. The topological polar surface area (TPSA) is 111 Å². The van der Waals surface area contributed by atoms with Gasteiger partial charge >= 0.3 is 5.97 Å². The van der Waals surface area contributed by atoms with Gasteiger partial charge in [-0.3, -0.25) is 14.4 Å². The van der Waals surface area contributed by atoms with E-state index in [0.717, 1.165) is 22.4 Å². The molecule has 8 nitrogen and oxygen atoms in total. The maximum absolute atomic E-state index is 14.1. The SMILES string of the molecule is CCOC(=O)C1(Cc2ccccc2)CCCN(C(=O)C(CC2=Cc3ccccc3OCC2)NC(=O)C(C)(C)N)C1. The van der Waals surface area contributed by atoms with Gasteiger partial charge in [-0.2, -0.15) is 0 Å². The summed E-state index contributed by atoms with van der Waals surface area (Å²) < 4.78 is 11.4. The minimum atomic E-state index is -1.16. The first kappa shape index (κ1) is 29.3. The van der Waals surface area contributed by atoms with Gasteiger partial charge in [-0.1, -0.05) is 60.2 Å². The molecular formula is C32H41N3O5. The lowest BCUT2D eigenvalue weighted by Crippen LogP contribution is -2.59. The predicted molar refractivity (Wildman–Crippen MR) is 154 cm³/mol. The van der Waals surface area contributed by atoms with Crippen LogP contribution in [0.2, 0.25) is 0 Å². The zero-order chi connectivity index (χ0) is 28.8. The van der Waals surface area contributed by atoms with Crippen LogP contribution in [0.5, 0.6) is 5.75 Å². The number of para-hydroxylation sites is 1. The molecule has 8 heteroatoms. The highest BCUT2D eigenvalue weighted by Crippen LogP contribution is 2.36. The molecule has 1 saturated heterocycles. The van der Waals surface area contributed by atoms with Gasteiger partial charge in [0.05, 0.1) is 24.2 Å². The molecule has 2 amide bonds. The van der Waals surface area contributed by atoms with Crippen LogP contribution in [0.15, 0.2) is 60.2 Å². The number of carbonyl (C=O) groups excluding carboxylic acids is 3. The van der Waals surface area contributed by atoms with E-state index in [-0.39, 0.29) is 25.0 Å². The molecule has 0 aliphatic carbocycles. The van der Waals surface area contributed by atoms with E-state index in [4.69, 9.17) is 15.2 Å². The predicted octanol–water partition coefficient (Wildman–Crippen LogP) is 3.88. The highest BCUT2D eigenvalue weighted by atomic mass is 16.5. The zero-order valence-electron chi connectivity index (χ0n) is 23.8. The van der Waals surface area contributed by atoms with Gasteiger partial charge in [0.2, 0.25) is 11.8 Å². The molecule has 2 atom stereocenters. The number of ether oxygens (including phenoxy) is 2. The smallest absolute Gasteiger partial charge is 0.314 e. The van der Waals surface area contributed by atoms with Crippen molar-refractivity contribution < 1.29 is 23.9 Å². The fourth-order valence-corrected chi connectivity index (χ4v) is 5.48. The van der Waals surface area contributed by atoms with E-state index < -0.39 is 22.9 Å². The molecule has 3 N–H and O–H groups in total. The highest BCUT2D eigenvalue weighted by molar-refractivity contribution is 5.92. The lowest BCUT2D eigenvalue weighted by molar-refractivity contribution is -0.161. The second-order valence-electron chi connectivity index (χ2n) is 11.4. The summed E-state index contributed by atoms with van der Waals surface area (Å²) in [6.45, 7) is 6.50. The molecule has 0 aromatic heterocycles. The van der Waals surface area contributed by atoms with Crippen LogP contribution in [0, 0.1) is 5.41 Å². The number of nitrogens with zero attached hydrogens (tertiary/aromatic N) is 1. The summed E-state index contributed by atoms with van der Waals surface area (Å²) in [7, 11) is 0. The van der Waals surface area contributed by atoms with Gasteiger partial charge in [0.25, 0.3) is 0 Å². The standard InChI is InChI=1S/C32H41N3O5/c1-4-39-30(38)32(21-23-11-6-5-7-12-23)16-10-17-35(22-32)28(36)26(34-29(37)31(2,3)33)20-24-15-18-40-27-14-9-8-13-25(27)19-24/h5-9,11-14,19,26H,4,10,15-18,20-22,33H2,1-3H3,(H,34,37). The van der Waals surface area contributed by atoms with Gasteiger partial charge in [0.15, 0.2) is 0 Å². The number of piperidine rings is 1. The first-order chi connectivity index (χ1) is 19.1. The Morgan fingerprint density at radius 3 is 2.58 bits per heavy atom. The number of hydrogen-bond donors (Lipinski definition) is 2. The van der Waals surface area contributed by atoms with Crippen molar-refractivity contribution in [2.75, 3.05) is 26.3 Å². The van der Waals surface area contributed by atoms with Crippen LogP contribution in [-0.2, 0) is 25.5 Å². The van der Waals surface area contributed by atoms with Crippen LogP contribution in [0.1, 0.15) is 57.6 Å². The molecule has 4 rings (SSSR count). The Kier molecular flexibility index (Phi) is 9.30. The Bertz CT molecular complexity index is 1240. The molecule has 40 heavy (non-hydrogen) atoms. The number of nitrogens with two attached hydrogens (primary N) is 1. The molecule has 2 aromatic carbocycles. The van der Waals surface area contributed by atoms with Crippen molar-refractivity contribution in [3.8, 4) is 5.75 Å². The second-order valence-corrected chi connectivity index (χ2v) is 11.4. The molecule has 0 bridgehead atoms. The van der Waals surface area contributed by atoms with Crippen LogP contribution in [0.25, 0.3) is 6.08 Å². The van der Waals surface area contributed by atoms with E-state index in [9.17, 15) is 14.4 Å². The average Bonchev–Trinajstić information content (AvgIpc) is 3.14. The summed E-state index contributed by atoms with van der Waals surface area (Å²) in [5.41, 5.74) is 7.03. The van der Waals surface area contributed by atoms with Crippen molar-refractivity contribution in [3.05, 3.63) is 71.3 Å². The average molecular weight is 548 g/mol. The number of amides is 2. The second kappa shape index (κ2) is 12.7. The largest absolute Gasteiger partial charge is 0.493 e. The van der Waals surface area contributed by atoms with Crippen LogP contribution in [-0.4, -0.2) is 60.6 Å². The minimum absolute atomic E-state index is 0.224. The Labute approximate surface area is 236 Å². The van der Waals surface area contributed by atoms with Crippen LogP contribution in [0.4, 0.5) is 0 Å². The Morgan fingerprint density at radius 2 is 1.85 bits per heavy atom. The fourth-order valence-electron chi connectivity index (χ4n) is 5.48. The van der Waals surface area contributed by atoms with E-state index in [0.29, 0.717) is 45.3 Å². The summed E-state index contributed by atoms with van der Waals surface area (Å²) in [5, 5.41) is 2.92. The number of fused-ring (bicyclic) bond motifs is 1. The lowest BCUT2D eigenvalue weighted by Gasteiger charge is -2.42. The molecule has 2 heterocycles. The van der Waals surface area contributed by atoms with Gasteiger partial charge in [0.1, 0.15) is 11.8 Å². The third-order valence-electron chi connectivity index (χ3n) is 7.60. The van der Waals surface area contributed by atoms with Crippen molar-refractivity contribution in [1.82, 2.24) is 10.2 Å². The molecule has 0 radical (unpaired) electrons. The molecular weight excluding hydrogens is 506 g/mol. The normalized spacial score (nSPS) is 19.8. The van der Waals surface area contributed by atoms with Crippen LogP contribution in [0.3, 0.4) is 0 Å². The van der Waals surface area contributed by atoms with Crippen LogP contribution >= 0.6 is 0 Å². The van der Waals surface area contributed by atoms with E-state index in [2.05, 4.69) is 5.32 Å². The number of nitrogens with one attached hydrogen (secondary N) is 1. The monoisotopic (exact) mass is 547 g/mol. The minimum Gasteiger partial charge on any atom is -0.493 e. The number of esters is 1. The van der Waals surface area contributed by atoms with E-state index in [1.165, 1.54) is 0 Å². The van der Waals surface area contributed by atoms with Crippen molar-refractivity contribution in [2.24, 2.45) is 11.1 Å². The summed E-state index contributed by atoms with van der Waals surface area (Å²) in [6, 6.07) is 16.8. The van der Waals surface area contributed by atoms with E-state index in [1.54, 1.807) is 25.7 Å². The summed E-state index contributed by atoms with van der Waals surface area (Å²) in [5.74, 6) is -0.128. The van der Waals surface area contributed by atoms with Crippen molar-refractivity contribution in [2.45, 2.75) is 64.5 Å². The third-order valence-corrected chi connectivity index (χ3v) is 7.60. The van der Waals surface area contributed by atoms with Crippen molar-refractivity contribution >= 4 is 23.9 Å². The van der Waals surface area contributed by atoms with Gasteiger partial charge in [-0.05, 0) is 58.1 Å². The number of likely N-dealkylation sites (tertiary alicyclic amines) is 1. The molecule has 2 aliphatic rings. The molecule has 2 unspecified atom stereocenters. The summed E-state index contributed by atoms with van der Waals surface area (Å²) in [4.78, 5) is 42.2. The van der Waals surface area contributed by atoms with Gasteiger partial charge in [-0.15, -0.1) is 0 Å². The molecule has 0 spiro atoms.